The second-order valence-electron chi connectivity index (χ2n) is 14.9. The Balaban J connectivity index is 1.62. The van der Waals surface area contributed by atoms with Crippen molar-refractivity contribution in [2.24, 2.45) is 62.6 Å². The van der Waals surface area contributed by atoms with Crippen LogP contribution in [-0.2, 0) is 14.4 Å². The summed E-state index contributed by atoms with van der Waals surface area (Å²) in [5.41, 5.74) is -0.756. The molecule has 0 bridgehead atoms. The molecule has 0 amide bonds. The molecule has 0 radical (unpaired) electrons. The molecular formula is C31H43NO3. The lowest BCUT2D eigenvalue weighted by Crippen LogP contribution is -2.67. The summed E-state index contributed by atoms with van der Waals surface area (Å²) in [6.07, 6.45) is 9.65. The molecule has 0 aliphatic heterocycles. The summed E-state index contributed by atoms with van der Waals surface area (Å²) in [4.78, 5) is 43.2. The highest BCUT2D eigenvalue weighted by molar-refractivity contribution is 6.02. The third-order valence-electron chi connectivity index (χ3n) is 12.5. The van der Waals surface area contributed by atoms with Crippen LogP contribution in [0, 0.1) is 69.2 Å². The molecule has 4 saturated carbocycles. The minimum absolute atomic E-state index is 0.00669. The van der Waals surface area contributed by atoms with Crippen molar-refractivity contribution < 1.29 is 14.4 Å². The molecule has 4 fully saturated rings. The Bertz CT molecular complexity index is 1060. The molecule has 4 nitrogen and oxygen atoms in total. The predicted molar refractivity (Wildman–Crippen MR) is 136 cm³/mol. The van der Waals surface area contributed by atoms with Gasteiger partial charge in [0.1, 0.15) is 12.1 Å². The van der Waals surface area contributed by atoms with Crippen molar-refractivity contribution in [1.29, 1.82) is 0 Å². The Morgan fingerprint density at radius 3 is 2.20 bits per heavy atom. The van der Waals surface area contributed by atoms with Crippen LogP contribution in [0.2, 0.25) is 0 Å². The fourth-order valence-electron chi connectivity index (χ4n) is 10.8. The fourth-order valence-corrected chi connectivity index (χ4v) is 10.8. The van der Waals surface area contributed by atoms with Gasteiger partial charge in [-0.3, -0.25) is 4.79 Å². The van der Waals surface area contributed by atoms with Gasteiger partial charge in [0.25, 0.3) is 0 Å². The van der Waals surface area contributed by atoms with Crippen molar-refractivity contribution in [3.05, 3.63) is 23.2 Å². The standard InChI is InChI=1S/C31H43NO3/c1-27(2)14-18(17-33)19-9-11-31(7)25(20(19)15-27)22(34)13-24-29(5)16-21(32-8)26(35)28(3,4)23(29)10-12-30(24,31)6/h16-20,23-25H,9-15H2,1-7H3/t18-,19?,20+,23-,24+,25-,29-,30+,31+/m0/s1. The number of fused-ring (bicyclic) bond motifs is 7. The fraction of sp³-hybridized carbons (Fsp3) is 0.806. The number of aldehydes is 1. The summed E-state index contributed by atoms with van der Waals surface area (Å²) in [6.45, 7) is 23.4. The van der Waals surface area contributed by atoms with E-state index in [0.29, 0.717) is 18.1 Å². The quantitative estimate of drug-likeness (QED) is 0.312. The smallest absolute Gasteiger partial charge is 0.226 e. The summed E-state index contributed by atoms with van der Waals surface area (Å²) in [6, 6.07) is 0. The summed E-state index contributed by atoms with van der Waals surface area (Å²) >= 11 is 0. The van der Waals surface area contributed by atoms with Crippen LogP contribution in [-0.4, -0.2) is 17.9 Å². The Morgan fingerprint density at radius 2 is 1.57 bits per heavy atom. The van der Waals surface area contributed by atoms with Gasteiger partial charge in [-0.1, -0.05) is 54.5 Å². The number of carbonyl (C=O) groups is 3. The minimum Gasteiger partial charge on any atom is -0.307 e. The second-order valence-corrected chi connectivity index (χ2v) is 14.9. The molecule has 35 heavy (non-hydrogen) atoms. The van der Waals surface area contributed by atoms with Gasteiger partial charge in [0.15, 0.2) is 5.78 Å². The molecule has 5 aliphatic rings. The number of hydrogen-bond donors (Lipinski definition) is 0. The minimum atomic E-state index is -0.590. The Kier molecular flexibility index (Phi) is 5.26. The zero-order chi connectivity index (χ0) is 25.8. The number of hydrogen-bond acceptors (Lipinski definition) is 3. The number of rotatable bonds is 1. The topological polar surface area (TPSA) is 55.6 Å². The van der Waals surface area contributed by atoms with Crippen LogP contribution in [0.1, 0.15) is 93.4 Å². The second kappa shape index (κ2) is 7.39. The summed E-state index contributed by atoms with van der Waals surface area (Å²) in [5, 5.41) is 0. The zero-order valence-electron chi connectivity index (χ0n) is 22.7. The summed E-state index contributed by atoms with van der Waals surface area (Å²) in [7, 11) is 0. The van der Waals surface area contributed by atoms with Gasteiger partial charge in [-0.05, 0) is 83.9 Å². The van der Waals surface area contributed by atoms with E-state index in [2.05, 4.69) is 39.5 Å². The van der Waals surface area contributed by atoms with E-state index < -0.39 is 5.41 Å². The first-order valence-electron chi connectivity index (χ1n) is 13.8. The lowest BCUT2D eigenvalue weighted by molar-refractivity contribution is -0.213. The van der Waals surface area contributed by atoms with Crippen molar-refractivity contribution in [2.45, 2.75) is 93.4 Å². The molecule has 5 rings (SSSR count). The van der Waals surface area contributed by atoms with Gasteiger partial charge in [-0.2, -0.15) is 0 Å². The van der Waals surface area contributed by atoms with E-state index in [4.69, 9.17) is 6.57 Å². The maximum absolute atomic E-state index is 14.2. The molecule has 4 heteroatoms. The monoisotopic (exact) mass is 477 g/mol. The molecule has 190 valence electrons. The average Bonchev–Trinajstić information content (AvgIpc) is 2.76. The first-order valence-corrected chi connectivity index (χ1v) is 13.8. The van der Waals surface area contributed by atoms with Crippen LogP contribution < -0.4 is 0 Å². The molecule has 0 aromatic rings. The van der Waals surface area contributed by atoms with Crippen molar-refractivity contribution in [3.8, 4) is 0 Å². The van der Waals surface area contributed by atoms with Gasteiger partial charge in [0, 0.05) is 23.7 Å². The van der Waals surface area contributed by atoms with E-state index in [-0.39, 0.29) is 62.7 Å². The molecule has 1 unspecified atom stereocenters. The third kappa shape index (κ3) is 3.05. The van der Waals surface area contributed by atoms with Crippen LogP contribution in [0.5, 0.6) is 0 Å². The first-order chi connectivity index (χ1) is 16.2. The highest BCUT2D eigenvalue weighted by atomic mass is 16.1. The van der Waals surface area contributed by atoms with Gasteiger partial charge in [0.2, 0.25) is 5.70 Å². The Hall–Kier alpha value is -1.76. The molecular weight excluding hydrogens is 434 g/mol. The first kappa shape index (κ1) is 24.9. The Morgan fingerprint density at radius 1 is 0.914 bits per heavy atom. The van der Waals surface area contributed by atoms with Crippen LogP contribution in [0.15, 0.2) is 11.8 Å². The van der Waals surface area contributed by atoms with Crippen LogP contribution in [0.3, 0.4) is 0 Å². The summed E-state index contributed by atoms with van der Waals surface area (Å²) < 4.78 is 0. The Labute approximate surface area is 211 Å². The van der Waals surface area contributed by atoms with E-state index >= 15 is 0 Å². The van der Waals surface area contributed by atoms with Gasteiger partial charge < -0.3 is 9.59 Å². The maximum atomic E-state index is 14.2. The van der Waals surface area contributed by atoms with Crippen LogP contribution >= 0.6 is 0 Å². The van der Waals surface area contributed by atoms with E-state index in [0.717, 1.165) is 38.5 Å². The molecule has 0 spiro atoms. The largest absolute Gasteiger partial charge is 0.307 e. The van der Waals surface area contributed by atoms with E-state index in [1.54, 1.807) is 0 Å². The van der Waals surface area contributed by atoms with Gasteiger partial charge in [-0.25, -0.2) is 4.85 Å². The third-order valence-corrected chi connectivity index (χ3v) is 12.5. The summed E-state index contributed by atoms with van der Waals surface area (Å²) in [5.74, 6) is 1.29. The van der Waals surface area contributed by atoms with Crippen molar-refractivity contribution in [2.75, 3.05) is 0 Å². The normalized spacial score (nSPS) is 49.9. The van der Waals surface area contributed by atoms with Crippen molar-refractivity contribution >= 4 is 17.9 Å². The molecule has 0 aromatic carbocycles. The number of carbonyl (C=O) groups excluding carboxylic acids is 3. The number of nitrogens with zero attached hydrogens (tertiary/aromatic N) is 1. The van der Waals surface area contributed by atoms with E-state index in [1.807, 2.05) is 19.9 Å². The highest BCUT2D eigenvalue weighted by Crippen LogP contribution is 2.74. The number of ketones is 2. The highest BCUT2D eigenvalue weighted by Gasteiger charge is 2.70. The van der Waals surface area contributed by atoms with Crippen LogP contribution in [0.25, 0.3) is 4.85 Å². The molecule has 0 heterocycles. The predicted octanol–water partition coefficient (Wildman–Crippen LogP) is 6.69. The molecule has 9 atom stereocenters. The molecule has 0 saturated heterocycles. The van der Waals surface area contributed by atoms with Crippen molar-refractivity contribution in [1.82, 2.24) is 0 Å². The number of Topliss-reactive ketones (excluding diaryl/α,β-unsaturated/α-hetero) is 2. The maximum Gasteiger partial charge on any atom is 0.226 e. The van der Waals surface area contributed by atoms with Gasteiger partial charge >= 0.3 is 0 Å². The molecule has 0 aromatic heterocycles. The molecule has 5 aliphatic carbocycles. The lowest BCUT2D eigenvalue weighted by atomic mass is 9.32. The van der Waals surface area contributed by atoms with E-state index in [1.165, 1.54) is 6.29 Å². The van der Waals surface area contributed by atoms with Crippen molar-refractivity contribution in [3.63, 3.8) is 0 Å². The number of allylic oxidation sites excluding steroid dienone is 2. The van der Waals surface area contributed by atoms with Gasteiger partial charge in [0.05, 0.1) is 6.57 Å². The lowest BCUT2D eigenvalue weighted by Gasteiger charge is -2.71. The van der Waals surface area contributed by atoms with Crippen LogP contribution in [0.4, 0.5) is 0 Å². The van der Waals surface area contributed by atoms with Gasteiger partial charge in [-0.15, -0.1) is 0 Å². The van der Waals surface area contributed by atoms with E-state index in [9.17, 15) is 14.4 Å². The zero-order valence-corrected chi connectivity index (χ0v) is 22.7. The molecule has 0 N–H and O–H groups in total. The average molecular weight is 478 g/mol. The SMILES string of the molecule is [C-]#[N+]C1=C[C@]2(C)[C@H]3CC(=O)[C@@H]4[C@@H]5CC(C)(C)C[C@@H](C=O)C5CC[C@@]4(C)[C@]3(C)CC[C@H]2C(C)(C)C1=O.